The fourth-order valence-corrected chi connectivity index (χ4v) is 1.88. The second kappa shape index (κ2) is 5.66. The third-order valence-corrected chi connectivity index (χ3v) is 2.84. The van der Waals surface area contributed by atoms with E-state index in [4.69, 9.17) is 5.73 Å². The molecule has 0 amide bonds. The maximum Gasteiger partial charge on any atom is 0.331 e. The predicted octanol–water partition coefficient (Wildman–Crippen LogP) is -0.859. The Labute approximate surface area is 109 Å². The zero-order chi connectivity index (χ0) is 13.8. The third kappa shape index (κ3) is 3.00. The van der Waals surface area contributed by atoms with Gasteiger partial charge in [0.1, 0.15) is 0 Å². The summed E-state index contributed by atoms with van der Waals surface area (Å²) >= 11 is 0. The number of nitrogens with zero attached hydrogens (tertiary/aromatic N) is 4. The zero-order valence-electron chi connectivity index (χ0n) is 10.8. The molecule has 2 aromatic rings. The normalized spacial score (nSPS) is 10.8. The molecule has 0 atom stereocenters. The molecule has 0 saturated carbocycles. The molecule has 102 valence electrons. The van der Waals surface area contributed by atoms with Crippen molar-refractivity contribution < 1.29 is 0 Å². The lowest BCUT2D eigenvalue weighted by atomic mass is 10.3. The van der Waals surface area contributed by atoms with E-state index in [1.165, 1.54) is 21.4 Å². The van der Waals surface area contributed by atoms with Crippen LogP contribution in [-0.2, 0) is 20.1 Å². The van der Waals surface area contributed by atoms with Crippen LogP contribution in [0.25, 0.3) is 0 Å². The smallest absolute Gasteiger partial charge is 0.330 e. The van der Waals surface area contributed by atoms with Crippen LogP contribution in [0.15, 0.2) is 34.2 Å². The Morgan fingerprint density at radius 2 is 2.16 bits per heavy atom. The van der Waals surface area contributed by atoms with Gasteiger partial charge in [-0.05, 0) is 13.0 Å². The first-order valence-corrected chi connectivity index (χ1v) is 6.09. The van der Waals surface area contributed by atoms with Crippen LogP contribution in [0.5, 0.6) is 0 Å². The monoisotopic (exact) mass is 263 g/mol. The van der Waals surface area contributed by atoms with Gasteiger partial charge in [0, 0.05) is 37.6 Å². The van der Waals surface area contributed by atoms with E-state index < -0.39 is 0 Å². The highest BCUT2D eigenvalue weighted by molar-refractivity contribution is 5.04. The summed E-state index contributed by atoms with van der Waals surface area (Å²) in [5.41, 5.74) is 5.71. The van der Waals surface area contributed by atoms with Gasteiger partial charge in [0.25, 0.3) is 5.56 Å². The standard InChI is InChI=1S/C12H17N5O2/c1-15-8-10(7-14-15)9-16-6-3-11(18)17(12(16)19)5-2-4-13/h3,6-8H,2,4-5,9,13H2,1H3. The minimum absolute atomic E-state index is 0.291. The molecule has 0 bridgehead atoms. The highest BCUT2D eigenvalue weighted by Gasteiger charge is 2.06. The van der Waals surface area contributed by atoms with Gasteiger partial charge in [-0.15, -0.1) is 0 Å². The third-order valence-electron chi connectivity index (χ3n) is 2.84. The fraction of sp³-hybridized carbons (Fsp3) is 0.417. The molecule has 0 aliphatic heterocycles. The molecule has 0 aliphatic rings. The zero-order valence-corrected chi connectivity index (χ0v) is 10.8. The van der Waals surface area contributed by atoms with Gasteiger partial charge < -0.3 is 5.73 Å². The summed E-state index contributed by atoms with van der Waals surface area (Å²) in [7, 11) is 1.81. The highest BCUT2D eigenvalue weighted by Crippen LogP contribution is 1.97. The van der Waals surface area contributed by atoms with Crippen molar-refractivity contribution in [2.75, 3.05) is 6.54 Å². The SMILES string of the molecule is Cn1cc(Cn2ccc(=O)n(CCCN)c2=O)cn1. The molecule has 0 radical (unpaired) electrons. The van der Waals surface area contributed by atoms with Gasteiger partial charge in [-0.2, -0.15) is 5.10 Å². The summed E-state index contributed by atoms with van der Waals surface area (Å²) in [6, 6.07) is 1.40. The number of nitrogens with two attached hydrogens (primary N) is 1. The molecule has 0 fully saturated rings. The van der Waals surface area contributed by atoms with Gasteiger partial charge in [0.05, 0.1) is 12.7 Å². The summed E-state index contributed by atoms with van der Waals surface area (Å²) in [5, 5.41) is 4.05. The van der Waals surface area contributed by atoms with Crippen molar-refractivity contribution in [3.63, 3.8) is 0 Å². The van der Waals surface area contributed by atoms with Crippen LogP contribution in [0.4, 0.5) is 0 Å². The van der Waals surface area contributed by atoms with Gasteiger partial charge in [0.15, 0.2) is 0 Å². The van der Waals surface area contributed by atoms with Crippen LogP contribution in [0, 0.1) is 0 Å². The molecule has 0 saturated heterocycles. The van der Waals surface area contributed by atoms with E-state index in [1.54, 1.807) is 10.9 Å². The summed E-state index contributed by atoms with van der Waals surface area (Å²) in [6.45, 7) is 1.20. The van der Waals surface area contributed by atoms with Crippen molar-refractivity contribution in [2.45, 2.75) is 19.5 Å². The van der Waals surface area contributed by atoms with E-state index >= 15 is 0 Å². The van der Waals surface area contributed by atoms with E-state index in [1.807, 2.05) is 13.2 Å². The minimum Gasteiger partial charge on any atom is -0.330 e. The Kier molecular flexibility index (Phi) is 3.96. The first-order valence-electron chi connectivity index (χ1n) is 6.09. The van der Waals surface area contributed by atoms with Gasteiger partial charge in [-0.3, -0.25) is 18.6 Å². The quantitative estimate of drug-likeness (QED) is 0.760. The second-order valence-corrected chi connectivity index (χ2v) is 4.38. The molecule has 0 spiro atoms. The largest absolute Gasteiger partial charge is 0.331 e. The first kappa shape index (κ1) is 13.3. The lowest BCUT2D eigenvalue weighted by molar-refractivity contribution is 0.554. The van der Waals surface area contributed by atoms with E-state index in [-0.39, 0.29) is 11.2 Å². The van der Waals surface area contributed by atoms with Gasteiger partial charge in [-0.1, -0.05) is 0 Å². The summed E-state index contributed by atoms with van der Waals surface area (Å²) in [5.74, 6) is 0. The van der Waals surface area contributed by atoms with E-state index in [9.17, 15) is 9.59 Å². The number of rotatable bonds is 5. The molecule has 2 rings (SSSR count). The lowest BCUT2D eigenvalue weighted by Crippen LogP contribution is -2.39. The van der Waals surface area contributed by atoms with Gasteiger partial charge in [-0.25, -0.2) is 4.79 Å². The maximum absolute atomic E-state index is 12.2. The van der Waals surface area contributed by atoms with Gasteiger partial charge in [0.2, 0.25) is 0 Å². The van der Waals surface area contributed by atoms with Crippen LogP contribution in [-0.4, -0.2) is 25.5 Å². The van der Waals surface area contributed by atoms with Crippen molar-refractivity contribution in [2.24, 2.45) is 12.8 Å². The Morgan fingerprint density at radius 1 is 1.37 bits per heavy atom. The molecule has 2 aromatic heterocycles. The van der Waals surface area contributed by atoms with Crippen LogP contribution in [0.1, 0.15) is 12.0 Å². The Hall–Kier alpha value is -2.15. The van der Waals surface area contributed by atoms with Crippen molar-refractivity contribution in [3.05, 3.63) is 51.1 Å². The van der Waals surface area contributed by atoms with Crippen molar-refractivity contribution >= 4 is 0 Å². The summed E-state index contributed by atoms with van der Waals surface area (Å²) in [6.07, 6.45) is 5.65. The predicted molar refractivity (Wildman–Crippen MR) is 70.9 cm³/mol. The average molecular weight is 263 g/mol. The lowest BCUT2D eigenvalue weighted by Gasteiger charge is -2.08. The van der Waals surface area contributed by atoms with E-state index in [2.05, 4.69) is 5.10 Å². The van der Waals surface area contributed by atoms with E-state index in [0.29, 0.717) is 26.1 Å². The minimum atomic E-state index is -0.315. The van der Waals surface area contributed by atoms with E-state index in [0.717, 1.165) is 5.56 Å². The molecule has 0 unspecified atom stereocenters. The fourth-order valence-electron chi connectivity index (χ4n) is 1.88. The summed E-state index contributed by atoms with van der Waals surface area (Å²) in [4.78, 5) is 23.8. The molecule has 7 nitrogen and oxygen atoms in total. The molecule has 0 aliphatic carbocycles. The topological polar surface area (TPSA) is 87.8 Å². The molecule has 7 heteroatoms. The van der Waals surface area contributed by atoms with Crippen LogP contribution < -0.4 is 17.0 Å². The van der Waals surface area contributed by atoms with Crippen molar-refractivity contribution in [1.82, 2.24) is 18.9 Å². The molecule has 19 heavy (non-hydrogen) atoms. The van der Waals surface area contributed by atoms with Crippen LogP contribution >= 0.6 is 0 Å². The molecular formula is C12H17N5O2. The average Bonchev–Trinajstić information content (AvgIpc) is 2.78. The van der Waals surface area contributed by atoms with Crippen LogP contribution in [0.2, 0.25) is 0 Å². The summed E-state index contributed by atoms with van der Waals surface area (Å²) < 4.78 is 4.38. The highest BCUT2D eigenvalue weighted by atomic mass is 16.2. The molecule has 2 heterocycles. The van der Waals surface area contributed by atoms with Crippen molar-refractivity contribution in [3.8, 4) is 0 Å². The molecule has 0 aromatic carbocycles. The number of hydrogen-bond donors (Lipinski definition) is 1. The Balaban J connectivity index is 2.31. The first-order chi connectivity index (χ1) is 9.11. The number of aromatic nitrogens is 4. The van der Waals surface area contributed by atoms with Crippen LogP contribution in [0.3, 0.4) is 0 Å². The number of hydrogen-bond acceptors (Lipinski definition) is 4. The van der Waals surface area contributed by atoms with Gasteiger partial charge >= 0.3 is 5.69 Å². The molecular weight excluding hydrogens is 246 g/mol. The second-order valence-electron chi connectivity index (χ2n) is 4.38. The maximum atomic E-state index is 12.2. The Bertz CT molecular complexity index is 667. The molecule has 2 N–H and O–H groups in total. The Morgan fingerprint density at radius 3 is 2.79 bits per heavy atom. The van der Waals surface area contributed by atoms with Crippen molar-refractivity contribution in [1.29, 1.82) is 0 Å². The number of aryl methyl sites for hydroxylation is 1.